The zero-order valence-corrected chi connectivity index (χ0v) is 13.5. The molecule has 0 spiro atoms. The van der Waals surface area contributed by atoms with Gasteiger partial charge in [-0.2, -0.15) is 0 Å². The Hall–Kier alpha value is -0.120. The standard InChI is InChI=1S/C16H33NO2/c1-6-15(5)13(10-14(15)19-9-4)17-11-16(7-2,8-3)12-18/h13-14,17-18H,6-12H2,1-5H3. The van der Waals surface area contributed by atoms with E-state index in [0.29, 0.717) is 12.1 Å². The first-order valence-corrected chi connectivity index (χ1v) is 7.97. The Kier molecular flexibility index (Phi) is 6.28. The summed E-state index contributed by atoms with van der Waals surface area (Å²) in [5.74, 6) is 0. The van der Waals surface area contributed by atoms with Crippen molar-refractivity contribution in [1.82, 2.24) is 5.32 Å². The third kappa shape index (κ3) is 3.32. The highest BCUT2D eigenvalue weighted by atomic mass is 16.5. The summed E-state index contributed by atoms with van der Waals surface area (Å²) in [6.07, 6.45) is 4.69. The highest BCUT2D eigenvalue weighted by Gasteiger charge is 2.51. The fourth-order valence-electron chi connectivity index (χ4n) is 3.19. The molecule has 1 aliphatic carbocycles. The number of aliphatic hydroxyl groups excluding tert-OH is 1. The summed E-state index contributed by atoms with van der Waals surface area (Å²) >= 11 is 0. The molecule has 0 heterocycles. The second kappa shape index (κ2) is 7.05. The maximum Gasteiger partial charge on any atom is 0.0658 e. The van der Waals surface area contributed by atoms with Gasteiger partial charge in [0.15, 0.2) is 0 Å². The second-order valence-electron chi connectivity index (χ2n) is 6.34. The third-order valence-electron chi connectivity index (χ3n) is 5.67. The minimum absolute atomic E-state index is 0.0470. The van der Waals surface area contributed by atoms with Crippen molar-refractivity contribution in [3.63, 3.8) is 0 Å². The number of aliphatic hydroxyl groups is 1. The lowest BCUT2D eigenvalue weighted by molar-refractivity contribution is -0.128. The molecular weight excluding hydrogens is 238 g/mol. The van der Waals surface area contributed by atoms with E-state index in [9.17, 15) is 5.11 Å². The van der Waals surface area contributed by atoms with Crippen LogP contribution >= 0.6 is 0 Å². The van der Waals surface area contributed by atoms with Crippen LogP contribution in [0.3, 0.4) is 0 Å². The quantitative estimate of drug-likeness (QED) is 0.677. The van der Waals surface area contributed by atoms with E-state index in [1.54, 1.807) is 0 Å². The van der Waals surface area contributed by atoms with Crippen LogP contribution in [0.4, 0.5) is 0 Å². The summed E-state index contributed by atoms with van der Waals surface area (Å²) in [5, 5.41) is 13.3. The molecule has 1 fully saturated rings. The van der Waals surface area contributed by atoms with Gasteiger partial charge in [-0.25, -0.2) is 0 Å². The zero-order chi connectivity index (χ0) is 14.5. The molecule has 2 N–H and O–H groups in total. The minimum Gasteiger partial charge on any atom is -0.396 e. The molecule has 3 atom stereocenters. The highest BCUT2D eigenvalue weighted by Crippen LogP contribution is 2.46. The summed E-state index contributed by atoms with van der Waals surface area (Å²) in [6, 6.07) is 0.526. The van der Waals surface area contributed by atoms with Gasteiger partial charge in [0.05, 0.1) is 6.10 Å². The number of rotatable bonds is 9. The van der Waals surface area contributed by atoms with Crippen LogP contribution in [0.5, 0.6) is 0 Å². The Morgan fingerprint density at radius 2 is 1.89 bits per heavy atom. The van der Waals surface area contributed by atoms with Gasteiger partial charge in [-0.05, 0) is 32.6 Å². The van der Waals surface area contributed by atoms with Crippen LogP contribution in [0.1, 0.15) is 60.3 Å². The van der Waals surface area contributed by atoms with Crippen molar-refractivity contribution in [2.24, 2.45) is 10.8 Å². The average molecular weight is 271 g/mol. The Balaban J connectivity index is 2.55. The summed E-state index contributed by atoms with van der Waals surface area (Å²) in [5.41, 5.74) is 0.296. The van der Waals surface area contributed by atoms with E-state index in [4.69, 9.17) is 4.74 Å². The van der Waals surface area contributed by atoms with Crippen molar-refractivity contribution >= 4 is 0 Å². The number of hydrogen-bond donors (Lipinski definition) is 2. The predicted octanol–water partition coefficient (Wildman–Crippen LogP) is 2.97. The molecule has 3 unspecified atom stereocenters. The minimum atomic E-state index is 0.0470. The van der Waals surface area contributed by atoms with Gasteiger partial charge in [0, 0.05) is 36.6 Å². The van der Waals surface area contributed by atoms with Gasteiger partial charge in [0.1, 0.15) is 0 Å². The number of ether oxygens (including phenoxy) is 1. The molecule has 0 radical (unpaired) electrons. The lowest BCUT2D eigenvalue weighted by Crippen LogP contribution is -2.63. The van der Waals surface area contributed by atoms with E-state index in [0.717, 1.165) is 38.8 Å². The van der Waals surface area contributed by atoms with E-state index < -0.39 is 0 Å². The van der Waals surface area contributed by atoms with Crippen LogP contribution in [0, 0.1) is 10.8 Å². The van der Waals surface area contributed by atoms with Crippen LogP contribution in [0.2, 0.25) is 0 Å². The second-order valence-corrected chi connectivity index (χ2v) is 6.34. The topological polar surface area (TPSA) is 41.5 Å². The Labute approximate surface area is 119 Å². The molecule has 0 bridgehead atoms. The molecule has 0 amide bonds. The molecule has 0 aromatic rings. The number of hydrogen-bond acceptors (Lipinski definition) is 3. The third-order valence-corrected chi connectivity index (χ3v) is 5.67. The van der Waals surface area contributed by atoms with Crippen molar-refractivity contribution < 1.29 is 9.84 Å². The molecule has 3 nitrogen and oxygen atoms in total. The van der Waals surface area contributed by atoms with Gasteiger partial charge in [0.25, 0.3) is 0 Å². The van der Waals surface area contributed by atoms with Crippen LogP contribution < -0.4 is 5.32 Å². The molecule has 0 aliphatic heterocycles. The molecule has 1 aliphatic rings. The summed E-state index contributed by atoms with van der Waals surface area (Å²) in [7, 11) is 0. The van der Waals surface area contributed by atoms with Crippen molar-refractivity contribution in [2.45, 2.75) is 72.4 Å². The lowest BCUT2D eigenvalue weighted by atomic mass is 9.61. The summed E-state index contributed by atoms with van der Waals surface area (Å²) in [4.78, 5) is 0. The normalized spacial score (nSPS) is 31.3. The number of nitrogens with one attached hydrogen (secondary N) is 1. The van der Waals surface area contributed by atoms with E-state index in [-0.39, 0.29) is 17.4 Å². The summed E-state index contributed by atoms with van der Waals surface area (Å²) in [6.45, 7) is 13.0. The van der Waals surface area contributed by atoms with Gasteiger partial charge in [-0.1, -0.05) is 27.7 Å². The Bertz CT molecular complexity index is 257. The maximum absolute atomic E-state index is 9.64. The summed E-state index contributed by atoms with van der Waals surface area (Å²) < 4.78 is 5.84. The Morgan fingerprint density at radius 3 is 2.32 bits per heavy atom. The molecule has 0 aromatic heterocycles. The molecule has 114 valence electrons. The van der Waals surface area contributed by atoms with E-state index in [2.05, 4.69) is 39.9 Å². The highest BCUT2D eigenvalue weighted by molar-refractivity contribution is 5.05. The zero-order valence-electron chi connectivity index (χ0n) is 13.5. The first-order chi connectivity index (χ1) is 9.01. The molecular formula is C16H33NO2. The molecule has 1 saturated carbocycles. The van der Waals surface area contributed by atoms with Gasteiger partial charge < -0.3 is 15.2 Å². The van der Waals surface area contributed by atoms with E-state index >= 15 is 0 Å². The molecule has 0 saturated heterocycles. The predicted molar refractivity (Wildman–Crippen MR) is 80.3 cm³/mol. The fraction of sp³-hybridized carbons (Fsp3) is 1.00. The molecule has 3 heteroatoms. The van der Waals surface area contributed by atoms with Crippen LogP contribution in [-0.4, -0.2) is 37.0 Å². The largest absolute Gasteiger partial charge is 0.396 e. The fourth-order valence-corrected chi connectivity index (χ4v) is 3.19. The first-order valence-electron chi connectivity index (χ1n) is 7.97. The van der Waals surface area contributed by atoms with Crippen LogP contribution in [0.25, 0.3) is 0 Å². The SMILES string of the molecule is CCOC1CC(NCC(CC)(CC)CO)C1(C)CC. The first kappa shape index (κ1) is 16.9. The molecule has 19 heavy (non-hydrogen) atoms. The lowest BCUT2D eigenvalue weighted by Gasteiger charge is -2.54. The van der Waals surface area contributed by atoms with Gasteiger partial charge >= 0.3 is 0 Å². The monoisotopic (exact) mass is 271 g/mol. The van der Waals surface area contributed by atoms with Crippen molar-refractivity contribution in [1.29, 1.82) is 0 Å². The van der Waals surface area contributed by atoms with Gasteiger partial charge in [-0.3, -0.25) is 0 Å². The van der Waals surface area contributed by atoms with Gasteiger partial charge in [-0.15, -0.1) is 0 Å². The smallest absolute Gasteiger partial charge is 0.0658 e. The van der Waals surface area contributed by atoms with Crippen molar-refractivity contribution in [3.05, 3.63) is 0 Å². The van der Waals surface area contributed by atoms with Crippen LogP contribution in [0.15, 0.2) is 0 Å². The van der Waals surface area contributed by atoms with Crippen molar-refractivity contribution in [3.8, 4) is 0 Å². The van der Waals surface area contributed by atoms with E-state index in [1.807, 2.05) is 0 Å². The Morgan fingerprint density at radius 1 is 1.26 bits per heavy atom. The van der Waals surface area contributed by atoms with Crippen LogP contribution in [-0.2, 0) is 4.74 Å². The van der Waals surface area contributed by atoms with Crippen molar-refractivity contribution in [2.75, 3.05) is 19.8 Å². The van der Waals surface area contributed by atoms with Gasteiger partial charge in [0.2, 0.25) is 0 Å². The maximum atomic E-state index is 9.64. The molecule has 1 rings (SSSR count). The average Bonchev–Trinajstić information content (AvgIpc) is 2.45. The molecule has 0 aromatic carbocycles. The van der Waals surface area contributed by atoms with E-state index in [1.165, 1.54) is 0 Å².